The van der Waals surface area contributed by atoms with E-state index in [1.807, 2.05) is 24.0 Å². The van der Waals surface area contributed by atoms with Gasteiger partial charge in [-0.05, 0) is 35.9 Å². The molecule has 3 heteroatoms. The first-order valence-corrected chi connectivity index (χ1v) is 7.06. The molecule has 0 fully saturated rings. The van der Waals surface area contributed by atoms with Crippen molar-refractivity contribution in [3.05, 3.63) is 42.1 Å². The van der Waals surface area contributed by atoms with Crippen LogP contribution in [0.15, 0.2) is 36.5 Å². The average Bonchev–Trinajstić information content (AvgIpc) is 2.34. The van der Waals surface area contributed by atoms with Gasteiger partial charge in [0.1, 0.15) is 0 Å². The van der Waals surface area contributed by atoms with Crippen LogP contribution >= 0.6 is 23.4 Å². The molecule has 0 unspecified atom stereocenters. The predicted octanol–water partition coefficient (Wildman–Crippen LogP) is 4.10. The molecule has 1 heterocycles. The third kappa shape index (κ3) is 3.13. The van der Waals surface area contributed by atoms with Crippen molar-refractivity contribution >= 4 is 34.3 Å². The zero-order valence-electron chi connectivity index (χ0n) is 9.03. The highest BCUT2D eigenvalue weighted by atomic mass is 35.5. The summed E-state index contributed by atoms with van der Waals surface area (Å²) in [5.41, 5.74) is 2.43. The molecular formula is C13H14ClNS. The average molecular weight is 252 g/mol. The van der Waals surface area contributed by atoms with Crippen LogP contribution in [0.2, 0.25) is 0 Å². The third-order valence-corrected chi connectivity index (χ3v) is 3.74. The largest absolute Gasteiger partial charge is 0.256 e. The molecule has 0 spiro atoms. The van der Waals surface area contributed by atoms with E-state index in [1.54, 1.807) is 0 Å². The van der Waals surface area contributed by atoms with E-state index in [2.05, 4.69) is 29.2 Å². The number of fused-ring (bicyclic) bond motifs is 1. The van der Waals surface area contributed by atoms with Crippen LogP contribution in [0.25, 0.3) is 10.9 Å². The molecule has 0 bridgehead atoms. The lowest BCUT2D eigenvalue weighted by Gasteiger charge is -2.02. The minimum absolute atomic E-state index is 0.759. The van der Waals surface area contributed by atoms with Crippen molar-refractivity contribution in [2.24, 2.45) is 0 Å². The molecular weight excluding hydrogens is 238 g/mol. The quantitative estimate of drug-likeness (QED) is 0.586. The summed E-state index contributed by atoms with van der Waals surface area (Å²) in [7, 11) is 0. The summed E-state index contributed by atoms with van der Waals surface area (Å²) in [6.07, 6.45) is 2.92. The number of nitrogens with zero attached hydrogens (tertiary/aromatic N) is 1. The molecule has 84 valence electrons. The van der Waals surface area contributed by atoms with Gasteiger partial charge in [0.15, 0.2) is 0 Å². The van der Waals surface area contributed by atoms with Gasteiger partial charge >= 0.3 is 0 Å². The highest BCUT2D eigenvalue weighted by Crippen LogP contribution is 2.18. The maximum Gasteiger partial charge on any atom is 0.0702 e. The van der Waals surface area contributed by atoms with Gasteiger partial charge in [-0.15, -0.1) is 11.6 Å². The van der Waals surface area contributed by atoms with E-state index in [9.17, 15) is 0 Å². The zero-order chi connectivity index (χ0) is 11.2. The predicted molar refractivity (Wildman–Crippen MR) is 73.2 cm³/mol. The SMILES string of the molecule is ClCCCSCc1ccc2ncccc2c1. The van der Waals surface area contributed by atoms with Crippen LogP contribution in [0.4, 0.5) is 0 Å². The first kappa shape index (κ1) is 11.7. The molecule has 0 saturated heterocycles. The number of hydrogen-bond donors (Lipinski definition) is 0. The molecule has 2 aromatic rings. The summed E-state index contributed by atoms with van der Waals surface area (Å²) < 4.78 is 0. The molecule has 0 saturated carbocycles. The summed E-state index contributed by atoms with van der Waals surface area (Å²) >= 11 is 7.57. The molecule has 1 nitrogen and oxygen atoms in total. The molecule has 0 aliphatic carbocycles. The van der Waals surface area contributed by atoms with Crippen molar-refractivity contribution in [2.45, 2.75) is 12.2 Å². The van der Waals surface area contributed by atoms with Crippen molar-refractivity contribution in [2.75, 3.05) is 11.6 Å². The number of alkyl halides is 1. The van der Waals surface area contributed by atoms with Gasteiger partial charge in [-0.3, -0.25) is 4.98 Å². The van der Waals surface area contributed by atoms with Crippen LogP contribution < -0.4 is 0 Å². The summed E-state index contributed by atoms with van der Waals surface area (Å²) in [6, 6.07) is 10.5. The minimum Gasteiger partial charge on any atom is -0.256 e. The fourth-order valence-electron chi connectivity index (χ4n) is 1.56. The number of pyridine rings is 1. The molecule has 0 radical (unpaired) electrons. The summed E-state index contributed by atoms with van der Waals surface area (Å²) in [5, 5.41) is 1.22. The van der Waals surface area contributed by atoms with Crippen LogP contribution in [0.5, 0.6) is 0 Å². The van der Waals surface area contributed by atoms with Gasteiger partial charge in [0.25, 0.3) is 0 Å². The van der Waals surface area contributed by atoms with Crippen LogP contribution in [0, 0.1) is 0 Å². The lowest BCUT2D eigenvalue weighted by atomic mass is 10.1. The van der Waals surface area contributed by atoms with Gasteiger partial charge in [-0.2, -0.15) is 11.8 Å². The molecule has 1 aromatic heterocycles. The fourth-order valence-corrected chi connectivity index (χ4v) is 2.76. The van der Waals surface area contributed by atoms with E-state index < -0.39 is 0 Å². The Balaban J connectivity index is 2.02. The number of aromatic nitrogens is 1. The number of benzene rings is 1. The summed E-state index contributed by atoms with van der Waals surface area (Å²) in [4.78, 5) is 4.31. The maximum absolute atomic E-state index is 5.64. The highest BCUT2D eigenvalue weighted by Gasteiger charge is 1.97. The van der Waals surface area contributed by atoms with Crippen LogP contribution in [-0.4, -0.2) is 16.6 Å². The standard InChI is InChI=1S/C13H14ClNS/c14-6-2-8-16-10-11-4-5-13-12(9-11)3-1-7-15-13/h1,3-5,7,9H,2,6,8,10H2. The molecule has 0 atom stereocenters. The Hall–Kier alpha value is -0.730. The minimum atomic E-state index is 0.759. The molecule has 1 aromatic carbocycles. The van der Waals surface area contributed by atoms with Gasteiger partial charge in [0.2, 0.25) is 0 Å². The van der Waals surface area contributed by atoms with Crippen molar-refractivity contribution in [1.29, 1.82) is 0 Å². The Morgan fingerprint density at radius 3 is 3.06 bits per heavy atom. The Labute approximate surface area is 105 Å². The molecule has 16 heavy (non-hydrogen) atoms. The zero-order valence-corrected chi connectivity index (χ0v) is 10.6. The number of halogens is 1. The van der Waals surface area contributed by atoms with E-state index in [0.717, 1.165) is 29.3 Å². The molecule has 0 N–H and O–H groups in total. The molecule has 0 aliphatic heterocycles. The maximum atomic E-state index is 5.64. The lowest BCUT2D eigenvalue weighted by Crippen LogP contribution is -1.86. The van der Waals surface area contributed by atoms with Crippen molar-refractivity contribution < 1.29 is 0 Å². The Bertz CT molecular complexity index is 458. The Kier molecular flexibility index (Phi) is 4.49. The molecule has 0 aliphatic rings. The molecule has 0 amide bonds. The van der Waals surface area contributed by atoms with Crippen LogP contribution in [-0.2, 0) is 5.75 Å². The second kappa shape index (κ2) is 6.12. The number of thioether (sulfide) groups is 1. The fraction of sp³-hybridized carbons (Fsp3) is 0.308. The van der Waals surface area contributed by atoms with E-state index in [0.29, 0.717) is 0 Å². The van der Waals surface area contributed by atoms with Gasteiger partial charge in [-0.1, -0.05) is 12.1 Å². The molecule has 2 rings (SSSR count). The van der Waals surface area contributed by atoms with E-state index in [1.165, 1.54) is 10.9 Å². The van der Waals surface area contributed by atoms with E-state index >= 15 is 0 Å². The van der Waals surface area contributed by atoms with Crippen molar-refractivity contribution in [3.8, 4) is 0 Å². The van der Waals surface area contributed by atoms with E-state index in [4.69, 9.17) is 11.6 Å². The number of hydrogen-bond acceptors (Lipinski definition) is 2. The number of rotatable bonds is 5. The van der Waals surface area contributed by atoms with Gasteiger partial charge in [0.05, 0.1) is 5.52 Å². The summed E-state index contributed by atoms with van der Waals surface area (Å²) in [5.74, 6) is 2.95. The monoisotopic (exact) mass is 251 g/mol. The smallest absolute Gasteiger partial charge is 0.0702 e. The first-order valence-electron chi connectivity index (χ1n) is 5.37. The second-order valence-corrected chi connectivity index (χ2v) is 5.11. The van der Waals surface area contributed by atoms with Gasteiger partial charge in [-0.25, -0.2) is 0 Å². The van der Waals surface area contributed by atoms with Gasteiger partial charge in [0, 0.05) is 23.2 Å². The Morgan fingerprint density at radius 2 is 2.19 bits per heavy atom. The van der Waals surface area contributed by atoms with Crippen LogP contribution in [0.3, 0.4) is 0 Å². The van der Waals surface area contributed by atoms with Crippen molar-refractivity contribution in [3.63, 3.8) is 0 Å². The van der Waals surface area contributed by atoms with Crippen molar-refractivity contribution in [1.82, 2.24) is 4.98 Å². The second-order valence-electron chi connectivity index (χ2n) is 3.63. The topological polar surface area (TPSA) is 12.9 Å². The summed E-state index contributed by atoms with van der Waals surface area (Å²) in [6.45, 7) is 0. The first-order chi connectivity index (χ1) is 7.90. The van der Waals surface area contributed by atoms with Crippen LogP contribution in [0.1, 0.15) is 12.0 Å². The highest BCUT2D eigenvalue weighted by molar-refractivity contribution is 7.98. The third-order valence-electron chi connectivity index (χ3n) is 2.36. The van der Waals surface area contributed by atoms with Gasteiger partial charge < -0.3 is 0 Å². The lowest BCUT2D eigenvalue weighted by molar-refractivity contribution is 1.11. The van der Waals surface area contributed by atoms with E-state index in [-0.39, 0.29) is 0 Å². The Morgan fingerprint density at radius 1 is 1.25 bits per heavy atom. The normalized spacial score (nSPS) is 10.8.